The van der Waals surface area contributed by atoms with Crippen LogP contribution in [0.1, 0.15) is 32.3 Å². The molecular formula is C15H22ClN. The molecule has 0 aromatic heterocycles. The van der Waals surface area contributed by atoms with E-state index in [2.05, 4.69) is 37.9 Å². The molecule has 2 heteroatoms. The van der Waals surface area contributed by atoms with Gasteiger partial charge in [-0.15, -0.1) is 6.58 Å². The van der Waals surface area contributed by atoms with Gasteiger partial charge in [0.15, 0.2) is 0 Å². The summed E-state index contributed by atoms with van der Waals surface area (Å²) in [6.07, 6.45) is 3.22. The Balaban J connectivity index is 2.57. The van der Waals surface area contributed by atoms with Crippen molar-refractivity contribution in [2.45, 2.75) is 39.2 Å². The third-order valence-corrected chi connectivity index (χ3v) is 2.93. The highest BCUT2D eigenvalue weighted by atomic mass is 35.5. The average molecular weight is 252 g/mol. The van der Waals surface area contributed by atoms with E-state index in [9.17, 15) is 0 Å². The minimum atomic E-state index is 0.480. The molecule has 0 fully saturated rings. The molecular weight excluding hydrogens is 230 g/mol. The summed E-state index contributed by atoms with van der Waals surface area (Å²) < 4.78 is 0. The number of hydrogen-bond donors (Lipinski definition) is 1. The van der Waals surface area contributed by atoms with E-state index in [1.54, 1.807) is 0 Å². The second-order valence-corrected chi connectivity index (χ2v) is 5.08. The Morgan fingerprint density at radius 1 is 1.35 bits per heavy atom. The molecule has 0 aliphatic heterocycles. The Morgan fingerprint density at radius 3 is 2.53 bits per heavy atom. The minimum absolute atomic E-state index is 0.480. The molecule has 0 saturated carbocycles. The van der Waals surface area contributed by atoms with E-state index in [1.807, 2.05) is 12.1 Å². The van der Waals surface area contributed by atoms with Crippen LogP contribution in [-0.4, -0.2) is 12.6 Å². The van der Waals surface area contributed by atoms with Crippen LogP contribution >= 0.6 is 11.6 Å². The van der Waals surface area contributed by atoms with Gasteiger partial charge in [-0.2, -0.15) is 0 Å². The molecule has 1 rings (SSSR count). The normalized spacial score (nSPS) is 12.4. The summed E-state index contributed by atoms with van der Waals surface area (Å²) in [6.45, 7) is 9.33. The first kappa shape index (κ1) is 14.3. The quantitative estimate of drug-likeness (QED) is 0.716. The summed E-state index contributed by atoms with van der Waals surface area (Å²) >= 11 is 5.89. The molecule has 0 spiro atoms. The molecule has 1 atom stereocenters. The smallest absolute Gasteiger partial charge is 0.0406 e. The lowest BCUT2D eigenvalue weighted by molar-refractivity contribution is 0.503. The van der Waals surface area contributed by atoms with Gasteiger partial charge in [0, 0.05) is 11.1 Å². The van der Waals surface area contributed by atoms with E-state index in [4.69, 9.17) is 11.6 Å². The van der Waals surface area contributed by atoms with E-state index >= 15 is 0 Å². The van der Waals surface area contributed by atoms with Crippen LogP contribution in [-0.2, 0) is 6.42 Å². The fraction of sp³-hybridized carbons (Fsp3) is 0.467. The standard InChI is InChI=1S/C15H22ClN/c1-4-9-17-15(10-12(2)3)11-13-5-7-14(16)8-6-13/h5-8,15,17H,2,4,9-11H2,1,3H3. The molecule has 0 bridgehead atoms. The lowest BCUT2D eigenvalue weighted by Crippen LogP contribution is -2.32. The van der Waals surface area contributed by atoms with Gasteiger partial charge in [0.1, 0.15) is 0 Å². The summed E-state index contributed by atoms with van der Waals surface area (Å²) in [5, 5.41) is 4.37. The number of halogens is 1. The van der Waals surface area contributed by atoms with Gasteiger partial charge in [0.2, 0.25) is 0 Å². The maximum atomic E-state index is 5.89. The van der Waals surface area contributed by atoms with Gasteiger partial charge in [0.25, 0.3) is 0 Å². The zero-order valence-electron chi connectivity index (χ0n) is 10.8. The summed E-state index contributed by atoms with van der Waals surface area (Å²) in [7, 11) is 0. The van der Waals surface area contributed by atoms with Crippen molar-refractivity contribution < 1.29 is 0 Å². The third kappa shape index (κ3) is 5.90. The van der Waals surface area contributed by atoms with Gasteiger partial charge in [0.05, 0.1) is 0 Å². The molecule has 0 heterocycles. The first-order chi connectivity index (χ1) is 8.11. The molecule has 0 aliphatic rings. The van der Waals surface area contributed by atoms with Gasteiger partial charge >= 0.3 is 0 Å². The Kier molecular flexibility index (Phi) is 6.31. The monoisotopic (exact) mass is 251 g/mol. The van der Waals surface area contributed by atoms with Crippen LogP contribution in [0.15, 0.2) is 36.4 Å². The zero-order chi connectivity index (χ0) is 12.7. The highest BCUT2D eigenvalue weighted by Gasteiger charge is 2.08. The number of nitrogens with one attached hydrogen (secondary N) is 1. The van der Waals surface area contributed by atoms with Crippen molar-refractivity contribution in [3.8, 4) is 0 Å². The highest BCUT2D eigenvalue weighted by Crippen LogP contribution is 2.13. The van der Waals surface area contributed by atoms with Crippen LogP contribution in [0.2, 0.25) is 5.02 Å². The summed E-state index contributed by atoms with van der Waals surface area (Å²) in [6, 6.07) is 8.58. The molecule has 1 nitrogen and oxygen atoms in total. The molecule has 0 aliphatic carbocycles. The molecule has 17 heavy (non-hydrogen) atoms. The van der Waals surface area contributed by atoms with Crippen molar-refractivity contribution >= 4 is 11.6 Å². The number of rotatable bonds is 7. The summed E-state index contributed by atoms with van der Waals surface area (Å²) in [4.78, 5) is 0. The Bertz CT molecular complexity index is 342. The van der Waals surface area contributed by atoms with Crippen molar-refractivity contribution in [3.05, 3.63) is 47.0 Å². The predicted molar refractivity (Wildman–Crippen MR) is 76.7 cm³/mol. The minimum Gasteiger partial charge on any atom is -0.313 e. The third-order valence-electron chi connectivity index (χ3n) is 2.67. The van der Waals surface area contributed by atoms with Crippen molar-refractivity contribution in [2.24, 2.45) is 0 Å². The molecule has 1 aromatic carbocycles. The van der Waals surface area contributed by atoms with Crippen LogP contribution < -0.4 is 5.32 Å². The molecule has 0 saturated heterocycles. The van der Waals surface area contributed by atoms with Crippen LogP contribution in [0.5, 0.6) is 0 Å². The van der Waals surface area contributed by atoms with Crippen molar-refractivity contribution in [3.63, 3.8) is 0 Å². The highest BCUT2D eigenvalue weighted by molar-refractivity contribution is 6.30. The molecule has 0 amide bonds. The van der Waals surface area contributed by atoms with Crippen LogP contribution in [0.3, 0.4) is 0 Å². The van der Waals surface area contributed by atoms with Crippen LogP contribution in [0, 0.1) is 0 Å². The van der Waals surface area contributed by atoms with Gasteiger partial charge < -0.3 is 5.32 Å². The van der Waals surface area contributed by atoms with Crippen molar-refractivity contribution in [1.82, 2.24) is 5.32 Å². The first-order valence-corrected chi connectivity index (χ1v) is 6.61. The maximum absolute atomic E-state index is 5.89. The van der Waals surface area contributed by atoms with E-state index in [1.165, 1.54) is 11.1 Å². The second kappa shape index (κ2) is 7.52. The Morgan fingerprint density at radius 2 is 2.00 bits per heavy atom. The molecule has 1 unspecified atom stereocenters. The lowest BCUT2D eigenvalue weighted by atomic mass is 10.0. The van der Waals surface area contributed by atoms with Gasteiger partial charge in [-0.1, -0.05) is 36.2 Å². The summed E-state index contributed by atoms with van der Waals surface area (Å²) in [5.74, 6) is 0. The number of benzene rings is 1. The van der Waals surface area contributed by atoms with Gasteiger partial charge in [-0.25, -0.2) is 0 Å². The van der Waals surface area contributed by atoms with Crippen molar-refractivity contribution in [1.29, 1.82) is 0 Å². The van der Waals surface area contributed by atoms with Crippen molar-refractivity contribution in [2.75, 3.05) is 6.54 Å². The topological polar surface area (TPSA) is 12.0 Å². The predicted octanol–water partition coefficient (Wildman–Crippen LogP) is 4.22. The van der Waals surface area contributed by atoms with E-state index in [0.717, 1.165) is 30.8 Å². The van der Waals surface area contributed by atoms with Crippen LogP contribution in [0.4, 0.5) is 0 Å². The SMILES string of the molecule is C=C(C)CC(Cc1ccc(Cl)cc1)NCCC. The first-order valence-electron chi connectivity index (χ1n) is 6.24. The lowest BCUT2D eigenvalue weighted by Gasteiger charge is -2.18. The van der Waals surface area contributed by atoms with E-state index in [0.29, 0.717) is 6.04 Å². The van der Waals surface area contributed by atoms with Gasteiger partial charge in [-0.05, 0) is 50.4 Å². The largest absolute Gasteiger partial charge is 0.313 e. The maximum Gasteiger partial charge on any atom is 0.0406 e. The van der Waals surface area contributed by atoms with E-state index in [-0.39, 0.29) is 0 Å². The van der Waals surface area contributed by atoms with Gasteiger partial charge in [-0.3, -0.25) is 0 Å². The van der Waals surface area contributed by atoms with Crippen LogP contribution in [0.25, 0.3) is 0 Å². The Labute approximate surface area is 110 Å². The van der Waals surface area contributed by atoms with E-state index < -0.39 is 0 Å². The molecule has 1 aromatic rings. The Hall–Kier alpha value is -0.790. The zero-order valence-corrected chi connectivity index (χ0v) is 11.6. The summed E-state index contributed by atoms with van der Waals surface area (Å²) in [5.41, 5.74) is 2.55. The molecule has 1 N–H and O–H groups in total. The molecule has 94 valence electrons. The average Bonchev–Trinajstić information content (AvgIpc) is 2.28. The fourth-order valence-corrected chi connectivity index (χ4v) is 2.02. The molecule has 0 radical (unpaired) electrons. The number of hydrogen-bond acceptors (Lipinski definition) is 1. The second-order valence-electron chi connectivity index (χ2n) is 4.64. The fourth-order valence-electron chi connectivity index (χ4n) is 1.89.